The van der Waals surface area contributed by atoms with Gasteiger partial charge in [0.15, 0.2) is 0 Å². The van der Waals surface area contributed by atoms with E-state index in [9.17, 15) is 19.1 Å². The van der Waals surface area contributed by atoms with E-state index in [0.29, 0.717) is 22.5 Å². The summed E-state index contributed by atoms with van der Waals surface area (Å²) in [5, 5.41) is 17.1. The second kappa shape index (κ2) is 9.79. The van der Waals surface area contributed by atoms with Crippen LogP contribution in [0.3, 0.4) is 0 Å². The fourth-order valence-electron chi connectivity index (χ4n) is 3.76. The fraction of sp³-hybridized carbons (Fsp3) is 0.240. The normalized spacial score (nSPS) is 11.1. The third-order valence-corrected chi connectivity index (χ3v) is 5.51. The molecule has 1 amide bonds. The lowest BCUT2D eigenvalue weighted by Gasteiger charge is -2.09. The van der Waals surface area contributed by atoms with E-state index in [2.05, 4.69) is 17.3 Å². The van der Waals surface area contributed by atoms with Gasteiger partial charge in [0, 0.05) is 29.2 Å². The molecule has 0 bridgehead atoms. The van der Waals surface area contributed by atoms with Gasteiger partial charge in [-0.15, -0.1) is 0 Å². The molecule has 0 radical (unpaired) electrons. The number of anilines is 1. The first-order chi connectivity index (χ1) is 16.0. The number of hydrogen-bond donors (Lipinski definition) is 2. The number of unbranched alkanes of at least 4 members (excludes halogenated alkanes) is 1. The molecule has 0 spiro atoms. The summed E-state index contributed by atoms with van der Waals surface area (Å²) in [6, 6.07) is 13.3. The van der Waals surface area contributed by atoms with E-state index >= 15 is 0 Å². The largest absolute Gasteiger partial charge is 0.392 e. The molecule has 170 valence electrons. The molecule has 0 aliphatic heterocycles. The molecule has 0 fully saturated rings. The number of nitrogens with one attached hydrogen (secondary N) is 1. The molecule has 4 aromatic rings. The number of nitrogens with zero attached hydrogens (tertiary/aromatic N) is 3. The summed E-state index contributed by atoms with van der Waals surface area (Å²) in [5.74, 6) is -0.733. The Kier molecular flexibility index (Phi) is 6.65. The predicted molar refractivity (Wildman–Crippen MR) is 124 cm³/mol. The molecule has 8 heteroatoms. The predicted octanol–water partition coefficient (Wildman–Crippen LogP) is 3.78. The number of aromatic nitrogens is 3. The van der Waals surface area contributed by atoms with Crippen molar-refractivity contribution in [3.8, 4) is 11.3 Å². The van der Waals surface area contributed by atoms with Crippen LogP contribution in [0.5, 0.6) is 0 Å². The van der Waals surface area contributed by atoms with Gasteiger partial charge in [0.25, 0.3) is 5.56 Å². The van der Waals surface area contributed by atoms with Crippen molar-refractivity contribution in [2.24, 2.45) is 0 Å². The lowest BCUT2D eigenvalue weighted by molar-refractivity contribution is -0.116. The monoisotopic (exact) mass is 448 g/mol. The van der Waals surface area contributed by atoms with Crippen molar-refractivity contribution in [3.63, 3.8) is 0 Å². The topological polar surface area (TPSA) is 88.6 Å². The van der Waals surface area contributed by atoms with Crippen LogP contribution in [0.25, 0.3) is 16.8 Å². The first-order valence-electron chi connectivity index (χ1n) is 10.9. The van der Waals surface area contributed by atoms with Gasteiger partial charge in [0.05, 0.1) is 12.3 Å². The van der Waals surface area contributed by atoms with Crippen LogP contribution in [0, 0.1) is 5.82 Å². The summed E-state index contributed by atoms with van der Waals surface area (Å²) in [4.78, 5) is 25.7. The van der Waals surface area contributed by atoms with Gasteiger partial charge < -0.3 is 15.0 Å². The minimum absolute atomic E-state index is 0.174. The molecular formula is C25H25FN4O3. The molecule has 2 N–H and O–H groups in total. The average Bonchev–Trinajstić information content (AvgIpc) is 3.20. The zero-order valence-electron chi connectivity index (χ0n) is 18.3. The first-order valence-corrected chi connectivity index (χ1v) is 10.9. The zero-order chi connectivity index (χ0) is 23.4. The molecule has 2 aromatic heterocycles. The van der Waals surface area contributed by atoms with E-state index in [1.165, 1.54) is 45.1 Å². The number of fused-ring (bicyclic) bond motifs is 1. The number of benzene rings is 2. The van der Waals surface area contributed by atoms with Gasteiger partial charge in [-0.3, -0.25) is 9.59 Å². The summed E-state index contributed by atoms with van der Waals surface area (Å²) in [6.45, 7) is 1.53. The highest BCUT2D eigenvalue weighted by atomic mass is 19.1. The quantitative estimate of drug-likeness (QED) is 0.429. The van der Waals surface area contributed by atoms with Crippen LogP contribution in [0.1, 0.15) is 30.9 Å². The van der Waals surface area contributed by atoms with Crippen LogP contribution in [0.2, 0.25) is 0 Å². The lowest BCUT2D eigenvalue weighted by Crippen LogP contribution is -2.28. The molecule has 0 atom stereocenters. The molecular weight excluding hydrogens is 423 g/mol. The molecule has 4 rings (SSSR count). The Morgan fingerprint density at radius 3 is 2.48 bits per heavy atom. The van der Waals surface area contributed by atoms with Crippen molar-refractivity contribution < 1.29 is 14.3 Å². The number of aliphatic hydroxyl groups is 1. The van der Waals surface area contributed by atoms with Crippen molar-refractivity contribution in [3.05, 3.63) is 88.2 Å². The minimum atomic E-state index is -0.451. The van der Waals surface area contributed by atoms with Gasteiger partial charge in [-0.1, -0.05) is 25.5 Å². The number of carbonyl (C=O) groups excluding carboxylic acids is 1. The lowest BCUT2D eigenvalue weighted by atomic mass is 10.1. The standard InChI is InChI=1S/C25H25FN4O3/c1-2-3-4-17-5-11-20(12-6-17)27-22(32)15-29-13-14-30-24(25(29)33)21(16-31)23(28-30)18-7-9-19(26)10-8-18/h5-14,31H,2-4,15-16H2,1H3,(H,27,32). The van der Waals surface area contributed by atoms with E-state index in [0.717, 1.165) is 19.3 Å². The Morgan fingerprint density at radius 2 is 1.82 bits per heavy atom. The van der Waals surface area contributed by atoms with Gasteiger partial charge in [-0.2, -0.15) is 5.10 Å². The van der Waals surface area contributed by atoms with Gasteiger partial charge in [0.2, 0.25) is 5.91 Å². The van der Waals surface area contributed by atoms with Crippen LogP contribution in [-0.4, -0.2) is 25.2 Å². The molecule has 0 aliphatic carbocycles. The zero-order valence-corrected chi connectivity index (χ0v) is 18.3. The van der Waals surface area contributed by atoms with Gasteiger partial charge >= 0.3 is 0 Å². The van der Waals surface area contributed by atoms with Crippen molar-refractivity contribution in [2.45, 2.75) is 39.3 Å². The molecule has 7 nitrogen and oxygen atoms in total. The molecule has 0 saturated heterocycles. The maximum atomic E-state index is 13.3. The summed E-state index contributed by atoms with van der Waals surface area (Å²) >= 11 is 0. The Balaban J connectivity index is 1.57. The first kappa shape index (κ1) is 22.4. The van der Waals surface area contributed by atoms with Crippen LogP contribution in [-0.2, 0) is 24.4 Å². The summed E-state index contributed by atoms with van der Waals surface area (Å²) in [5.41, 5.74) is 2.89. The fourth-order valence-corrected chi connectivity index (χ4v) is 3.76. The van der Waals surface area contributed by atoms with E-state index in [-0.39, 0.29) is 18.0 Å². The highest BCUT2D eigenvalue weighted by Gasteiger charge is 2.18. The number of hydrogen-bond acceptors (Lipinski definition) is 4. The van der Waals surface area contributed by atoms with E-state index in [1.54, 1.807) is 6.20 Å². The molecule has 2 heterocycles. The smallest absolute Gasteiger partial charge is 0.277 e. The van der Waals surface area contributed by atoms with Crippen LogP contribution >= 0.6 is 0 Å². The summed E-state index contributed by atoms with van der Waals surface area (Å²) in [7, 11) is 0. The molecule has 0 aliphatic rings. The highest BCUT2D eigenvalue weighted by Crippen LogP contribution is 2.25. The molecule has 2 aromatic carbocycles. The Hall–Kier alpha value is -3.78. The van der Waals surface area contributed by atoms with E-state index in [4.69, 9.17) is 0 Å². The Morgan fingerprint density at radius 1 is 1.09 bits per heavy atom. The second-order valence-corrected chi connectivity index (χ2v) is 7.87. The maximum Gasteiger partial charge on any atom is 0.277 e. The molecule has 0 saturated carbocycles. The summed E-state index contributed by atoms with van der Waals surface area (Å²) in [6.07, 6.45) is 6.27. The van der Waals surface area contributed by atoms with Crippen molar-refractivity contribution >= 4 is 17.1 Å². The third-order valence-electron chi connectivity index (χ3n) is 5.51. The van der Waals surface area contributed by atoms with Crippen molar-refractivity contribution in [1.29, 1.82) is 0 Å². The SMILES string of the molecule is CCCCc1ccc(NC(=O)Cn2ccn3nc(-c4ccc(F)cc4)c(CO)c3c2=O)cc1. The number of aliphatic hydroxyl groups excluding tert-OH is 1. The Labute approximate surface area is 190 Å². The number of amides is 1. The molecule has 33 heavy (non-hydrogen) atoms. The number of carbonyl (C=O) groups is 1. The van der Waals surface area contributed by atoms with Crippen LogP contribution in [0.4, 0.5) is 10.1 Å². The van der Waals surface area contributed by atoms with Gasteiger partial charge in [-0.25, -0.2) is 8.91 Å². The Bertz CT molecular complexity index is 1330. The van der Waals surface area contributed by atoms with Crippen molar-refractivity contribution in [1.82, 2.24) is 14.2 Å². The number of halogens is 1. The minimum Gasteiger partial charge on any atom is -0.392 e. The maximum absolute atomic E-state index is 13.3. The van der Waals surface area contributed by atoms with Crippen molar-refractivity contribution in [2.75, 3.05) is 5.32 Å². The molecule has 0 unspecified atom stereocenters. The van der Waals surface area contributed by atoms with Crippen LogP contribution in [0.15, 0.2) is 65.7 Å². The van der Waals surface area contributed by atoms with Crippen LogP contribution < -0.4 is 10.9 Å². The van der Waals surface area contributed by atoms with Gasteiger partial charge in [0.1, 0.15) is 17.9 Å². The van der Waals surface area contributed by atoms with E-state index in [1.807, 2.05) is 24.3 Å². The second-order valence-electron chi connectivity index (χ2n) is 7.87. The van der Waals surface area contributed by atoms with E-state index < -0.39 is 18.0 Å². The number of aryl methyl sites for hydroxylation is 1. The summed E-state index contributed by atoms with van der Waals surface area (Å²) < 4.78 is 15.9. The third kappa shape index (κ3) is 4.85. The average molecular weight is 448 g/mol. The number of rotatable bonds is 8. The van der Waals surface area contributed by atoms with Gasteiger partial charge in [-0.05, 0) is 54.8 Å². The highest BCUT2D eigenvalue weighted by molar-refractivity contribution is 5.90.